The number of hydrogen-bond acceptors (Lipinski definition) is 3. The predicted molar refractivity (Wildman–Crippen MR) is 59.8 cm³/mol. The highest BCUT2D eigenvalue weighted by Crippen LogP contribution is 2.19. The van der Waals surface area contributed by atoms with Crippen molar-refractivity contribution >= 4 is 17.4 Å². The lowest BCUT2D eigenvalue weighted by Crippen LogP contribution is -2.04. The van der Waals surface area contributed by atoms with Gasteiger partial charge in [0, 0.05) is 26.0 Å². The van der Waals surface area contributed by atoms with Gasteiger partial charge in [-0.15, -0.1) is 0 Å². The van der Waals surface area contributed by atoms with E-state index in [1.54, 1.807) is 6.20 Å². The van der Waals surface area contributed by atoms with Crippen molar-refractivity contribution in [3.05, 3.63) is 11.2 Å². The molecule has 1 atom stereocenters. The first-order valence-corrected chi connectivity index (χ1v) is 5.69. The largest absolute Gasteiger partial charge is 0.381 e. The van der Waals surface area contributed by atoms with Gasteiger partial charge in [-0.25, -0.2) is 0 Å². The molecule has 1 aromatic heterocycles. The number of aryl methyl sites for hydroxylation is 1. The van der Waals surface area contributed by atoms with Crippen molar-refractivity contribution < 1.29 is 4.74 Å². The normalized spacial score (nSPS) is 21.0. The lowest BCUT2D eigenvalue weighted by molar-refractivity contribution is 0.183. The SMILES string of the molecule is Nc1nn(CCCC2CCOC2)cc1Cl. The molecular formula is C10H16ClN3O. The molecule has 5 heteroatoms. The Balaban J connectivity index is 1.73. The molecule has 1 aliphatic rings. The third kappa shape index (κ3) is 2.86. The van der Waals surface area contributed by atoms with Crippen LogP contribution >= 0.6 is 11.6 Å². The quantitative estimate of drug-likeness (QED) is 0.859. The van der Waals surface area contributed by atoms with Crippen LogP contribution in [0, 0.1) is 5.92 Å². The molecule has 15 heavy (non-hydrogen) atoms. The van der Waals surface area contributed by atoms with Crippen molar-refractivity contribution in [1.29, 1.82) is 0 Å². The summed E-state index contributed by atoms with van der Waals surface area (Å²) >= 11 is 5.81. The lowest BCUT2D eigenvalue weighted by atomic mass is 10.0. The number of anilines is 1. The molecular weight excluding hydrogens is 214 g/mol. The van der Waals surface area contributed by atoms with E-state index in [4.69, 9.17) is 22.1 Å². The first-order valence-electron chi connectivity index (χ1n) is 5.32. The lowest BCUT2D eigenvalue weighted by Gasteiger charge is -2.06. The Kier molecular flexibility index (Phi) is 3.49. The minimum absolute atomic E-state index is 0.417. The third-order valence-electron chi connectivity index (χ3n) is 2.77. The Morgan fingerprint density at radius 1 is 1.67 bits per heavy atom. The van der Waals surface area contributed by atoms with Gasteiger partial charge in [0.2, 0.25) is 0 Å². The minimum Gasteiger partial charge on any atom is -0.381 e. The first kappa shape index (κ1) is 10.8. The topological polar surface area (TPSA) is 53.1 Å². The molecule has 2 rings (SSSR count). The van der Waals surface area contributed by atoms with Gasteiger partial charge in [0.05, 0.1) is 0 Å². The third-order valence-corrected chi connectivity index (χ3v) is 3.06. The van der Waals surface area contributed by atoms with Crippen LogP contribution in [-0.2, 0) is 11.3 Å². The molecule has 0 radical (unpaired) electrons. The van der Waals surface area contributed by atoms with E-state index in [1.165, 1.54) is 12.8 Å². The highest BCUT2D eigenvalue weighted by molar-refractivity contribution is 6.32. The summed E-state index contributed by atoms with van der Waals surface area (Å²) in [4.78, 5) is 0. The summed E-state index contributed by atoms with van der Waals surface area (Å²) in [5, 5.41) is 4.65. The van der Waals surface area contributed by atoms with Crippen molar-refractivity contribution in [1.82, 2.24) is 9.78 Å². The molecule has 0 amide bonds. The smallest absolute Gasteiger partial charge is 0.164 e. The fourth-order valence-corrected chi connectivity index (χ4v) is 2.03. The molecule has 1 fully saturated rings. The zero-order chi connectivity index (χ0) is 10.7. The summed E-state index contributed by atoms with van der Waals surface area (Å²) in [5.41, 5.74) is 5.55. The summed E-state index contributed by atoms with van der Waals surface area (Å²) in [6, 6.07) is 0. The number of nitrogens with zero attached hydrogens (tertiary/aromatic N) is 2. The minimum atomic E-state index is 0.417. The molecule has 1 aromatic rings. The van der Waals surface area contributed by atoms with E-state index in [0.29, 0.717) is 10.8 Å². The number of aromatic nitrogens is 2. The Hall–Kier alpha value is -0.740. The number of halogens is 1. The Labute approximate surface area is 94.3 Å². The molecule has 0 saturated carbocycles. The number of hydrogen-bond donors (Lipinski definition) is 1. The maximum atomic E-state index is 5.81. The second-order valence-electron chi connectivity index (χ2n) is 4.00. The monoisotopic (exact) mass is 229 g/mol. The molecule has 0 bridgehead atoms. The second kappa shape index (κ2) is 4.86. The summed E-state index contributed by atoms with van der Waals surface area (Å²) in [5.74, 6) is 1.15. The van der Waals surface area contributed by atoms with E-state index in [2.05, 4.69) is 5.10 Å². The van der Waals surface area contributed by atoms with E-state index in [9.17, 15) is 0 Å². The highest BCUT2D eigenvalue weighted by Gasteiger charge is 2.14. The van der Waals surface area contributed by atoms with Crippen LogP contribution in [0.15, 0.2) is 6.20 Å². The molecule has 0 aliphatic carbocycles. The summed E-state index contributed by atoms with van der Waals surface area (Å²) in [6.07, 6.45) is 5.27. The van der Waals surface area contributed by atoms with Crippen molar-refractivity contribution in [2.75, 3.05) is 18.9 Å². The van der Waals surface area contributed by atoms with Gasteiger partial charge in [-0.05, 0) is 25.2 Å². The van der Waals surface area contributed by atoms with Crippen LogP contribution in [0.1, 0.15) is 19.3 Å². The number of rotatable bonds is 4. The van der Waals surface area contributed by atoms with Gasteiger partial charge in [0.15, 0.2) is 5.82 Å². The zero-order valence-electron chi connectivity index (χ0n) is 8.66. The predicted octanol–water partition coefficient (Wildman–Crippen LogP) is 1.94. The first-order chi connectivity index (χ1) is 7.25. The van der Waals surface area contributed by atoms with Crippen molar-refractivity contribution in [2.24, 2.45) is 5.92 Å². The molecule has 0 aromatic carbocycles. The molecule has 0 spiro atoms. The molecule has 84 valence electrons. The molecule has 4 nitrogen and oxygen atoms in total. The zero-order valence-corrected chi connectivity index (χ0v) is 9.41. The summed E-state index contributed by atoms with van der Waals surface area (Å²) in [7, 11) is 0. The summed E-state index contributed by atoms with van der Waals surface area (Å²) < 4.78 is 7.13. The number of nitrogens with two attached hydrogens (primary N) is 1. The van der Waals surface area contributed by atoms with Gasteiger partial charge < -0.3 is 10.5 Å². The maximum Gasteiger partial charge on any atom is 0.164 e. The van der Waals surface area contributed by atoms with E-state index >= 15 is 0 Å². The van der Waals surface area contributed by atoms with E-state index in [-0.39, 0.29) is 0 Å². The van der Waals surface area contributed by atoms with Crippen LogP contribution in [0.4, 0.5) is 5.82 Å². The average molecular weight is 230 g/mol. The van der Waals surface area contributed by atoms with Crippen molar-refractivity contribution in [2.45, 2.75) is 25.8 Å². The Bertz CT molecular complexity index is 301. The van der Waals surface area contributed by atoms with E-state index < -0.39 is 0 Å². The van der Waals surface area contributed by atoms with Gasteiger partial charge in [0.25, 0.3) is 0 Å². The van der Waals surface area contributed by atoms with Gasteiger partial charge in [-0.3, -0.25) is 4.68 Å². The van der Waals surface area contributed by atoms with Gasteiger partial charge >= 0.3 is 0 Å². The Morgan fingerprint density at radius 3 is 3.13 bits per heavy atom. The molecule has 2 heterocycles. The average Bonchev–Trinajstić information content (AvgIpc) is 2.79. The molecule has 1 saturated heterocycles. The van der Waals surface area contributed by atoms with Crippen LogP contribution < -0.4 is 5.73 Å². The van der Waals surface area contributed by atoms with E-state index in [0.717, 1.165) is 32.1 Å². The van der Waals surface area contributed by atoms with Crippen LogP contribution in [0.25, 0.3) is 0 Å². The fourth-order valence-electron chi connectivity index (χ4n) is 1.88. The standard InChI is InChI=1S/C10H16ClN3O/c11-9-6-14(13-10(9)12)4-1-2-8-3-5-15-7-8/h6,8H,1-5,7H2,(H2,12,13). The van der Waals surface area contributed by atoms with Crippen molar-refractivity contribution in [3.8, 4) is 0 Å². The van der Waals surface area contributed by atoms with Gasteiger partial charge in [-0.1, -0.05) is 11.6 Å². The van der Waals surface area contributed by atoms with E-state index in [1.807, 2.05) is 4.68 Å². The molecule has 2 N–H and O–H groups in total. The van der Waals surface area contributed by atoms with Gasteiger partial charge in [0.1, 0.15) is 5.02 Å². The van der Waals surface area contributed by atoms with Crippen LogP contribution in [-0.4, -0.2) is 23.0 Å². The molecule has 1 unspecified atom stereocenters. The van der Waals surface area contributed by atoms with Crippen LogP contribution in [0.2, 0.25) is 5.02 Å². The van der Waals surface area contributed by atoms with Crippen LogP contribution in [0.5, 0.6) is 0 Å². The fraction of sp³-hybridized carbons (Fsp3) is 0.700. The summed E-state index contributed by atoms with van der Waals surface area (Å²) in [6.45, 7) is 2.72. The molecule has 1 aliphatic heterocycles. The van der Waals surface area contributed by atoms with Gasteiger partial charge in [-0.2, -0.15) is 5.10 Å². The Morgan fingerprint density at radius 2 is 2.53 bits per heavy atom. The maximum absolute atomic E-state index is 5.81. The second-order valence-corrected chi connectivity index (χ2v) is 4.40. The van der Waals surface area contributed by atoms with Crippen molar-refractivity contribution in [3.63, 3.8) is 0 Å². The number of nitrogen functional groups attached to an aromatic ring is 1. The number of ether oxygens (including phenoxy) is 1. The highest BCUT2D eigenvalue weighted by atomic mass is 35.5. The van der Waals surface area contributed by atoms with Crippen LogP contribution in [0.3, 0.4) is 0 Å².